The second-order valence-electron chi connectivity index (χ2n) is 8.47. The SMILES string of the molecule is CC[C@@H](C(=O)Nc1ccc(N2CCCN(Cc3ccccc3Cl)CC2)nc1)c1ccccc1. The van der Waals surface area contributed by atoms with Crippen molar-refractivity contribution in [1.29, 1.82) is 0 Å². The highest BCUT2D eigenvalue weighted by Gasteiger charge is 2.20. The van der Waals surface area contributed by atoms with E-state index in [1.165, 1.54) is 5.56 Å². The van der Waals surface area contributed by atoms with Gasteiger partial charge in [-0.25, -0.2) is 4.98 Å². The van der Waals surface area contributed by atoms with E-state index < -0.39 is 0 Å². The lowest BCUT2D eigenvalue weighted by molar-refractivity contribution is -0.117. The third-order valence-electron chi connectivity index (χ3n) is 6.21. The van der Waals surface area contributed by atoms with Crippen molar-refractivity contribution in [2.45, 2.75) is 32.2 Å². The van der Waals surface area contributed by atoms with Crippen molar-refractivity contribution in [2.75, 3.05) is 36.4 Å². The molecular weight excluding hydrogens is 432 g/mol. The van der Waals surface area contributed by atoms with Crippen molar-refractivity contribution in [2.24, 2.45) is 0 Å². The van der Waals surface area contributed by atoms with Crippen LogP contribution in [-0.4, -0.2) is 42.0 Å². The number of carbonyl (C=O) groups excluding carboxylic acids is 1. The van der Waals surface area contributed by atoms with Crippen molar-refractivity contribution in [3.05, 3.63) is 89.1 Å². The number of pyridine rings is 1. The summed E-state index contributed by atoms with van der Waals surface area (Å²) in [6, 6.07) is 21.9. The largest absolute Gasteiger partial charge is 0.355 e. The van der Waals surface area contributed by atoms with Crippen LogP contribution in [0.15, 0.2) is 72.9 Å². The molecule has 0 bridgehead atoms. The van der Waals surface area contributed by atoms with Gasteiger partial charge in [0.25, 0.3) is 0 Å². The average Bonchev–Trinajstić information content (AvgIpc) is 3.08. The minimum absolute atomic E-state index is 0.00300. The zero-order valence-corrected chi connectivity index (χ0v) is 19.8. The van der Waals surface area contributed by atoms with Crippen LogP contribution in [0.25, 0.3) is 0 Å². The number of aromatic nitrogens is 1. The van der Waals surface area contributed by atoms with E-state index >= 15 is 0 Å². The van der Waals surface area contributed by atoms with Crippen LogP contribution in [0.2, 0.25) is 5.02 Å². The molecule has 0 spiro atoms. The minimum Gasteiger partial charge on any atom is -0.355 e. The summed E-state index contributed by atoms with van der Waals surface area (Å²) in [4.78, 5) is 22.2. The Bertz CT molecular complexity index is 1040. The fraction of sp³-hybridized carbons (Fsp3) is 0.333. The van der Waals surface area contributed by atoms with Gasteiger partial charge in [0.1, 0.15) is 5.82 Å². The van der Waals surface area contributed by atoms with E-state index in [2.05, 4.69) is 26.2 Å². The summed E-state index contributed by atoms with van der Waals surface area (Å²) in [6.07, 6.45) is 3.58. The van der Waals surface area contributed by atoms with Crippen LogP contribution >= 0.6 is 11.6 Å². The maximum absolute atomic E-state index is 12.8. The van der Waals surface area contributed by atoms with Gasteiger partial charge in [0.15, 0.2) is 0 Å². The molecule has 1 fully saturated rings. The lowest BCUT2D eigenvalue weighted by atomic mass is 9.95. The number of hydrogen-bond acceptors (Lipinski definition) is 4. The van der Waals surface area contributed by atoms with E-state index in [-0.39, 0.29) is 11.8 Å². The van der Waals surface area contributed by atoms with Crippen LogP contribution in [0.5, 0.6) is 0 Å². The van der Waals surface area contributed by atoms with Gasteiger partial charge in [-0.2, -0.15) is 0 Å². The molecule has 1 saturated heterocycles. The van der Waals surface area contributed by atoms with E-state index in [0.29, 0.717) is 0 Å². The molecule has 3 aromatic rings. The third kappa shape index (κ3) is 6.12. The molecule has 0 aliphatic carbocycles. The van der Waals surface area contributed by atoms with Crippen LogP contribution in [0.4, 0.5) is 11.5 Å². The molecule has 1 amide bonds. The maximum Gasteiger partial charge on any atom is 0.231 e. The number of benzene rings is 2. The van der Waals surface area contributed by atoms with Gasteiger partial charge in [0.2, 0.25) is 5.91 Å². The van der Waals surface area contributed by atoms with Crippen LogP contribution in [0, 0.1) is 0 Å². The highest BCUT2D eigenvalue weighted by Crippen LogP contribution is 2.23. The first-order chi connectivity index (χ1) is 16.1. The van der Waals surface area contributed by atoms with Crippen molar-refractivity contribution in [3.63, 3.8) is 0 Å². The maximum atomic E-state index is 12.8. The Morgan fingerprint density at radius 3 is 2.52 bits per heavy atom. The van der Waals surface area contributed by atoms with Crippen LogP contribution in [0.1, 0.15) is 36.8 Å². The van der Waals surface area contributed by atoms with E-state index in [0.717, 1.165) is 67.7 Å². The minimum atomic E-state index is -0.166. The van der Waals surface area contributed by atoms with Crippen molar-refractivity contribution < 1.29 is 4.79 Å². The quantitative estimate of drug-likeness (QED) is 0.498. The summed E-state index contributed by atoms with van der Waals surface area (Å²) in [5, 5.41) is 3.86. The second kappa shape index (κ2) is 11.3. The summed E-state index contributed by atoms with van der Waals surface area (Å²) < 4.78 is 0. The Hall–Kier alpha value is -2.89. The van der Waals surface area contributed by atoms with Gasteiger partial charge in [0, 0.05) is 37.7 Å². The van der Waals surface area contributed by atoms with Gasteiger partial charge in [-0.1, -0.05) is 67.1 Å². The van der Waals surface area contributed by atoms with Gasteiger partial charge in [-0.3, -0.25) is 9.69 Å². The Balaban J connectivity index is 1.34. The van der Waals surface area contributed by atoms with Gasteiger partial charge >= 0.3 is 0 Å². The number of nitrogens with zero attached hydrogens (tertiary/aromatic N) is 3. The van der Waals surface area contributed by atoms with Crippen molar-refractivity contribution in [1.82, 2.24) is 9.88 Å². The van der Waals surface area contributed by atoms with E-state index in [4.69, 9.17) is 11.6 Å². The smallest absolute Gasteiger partial charge is 0.231 e. The van der Waals surface area contributed by atoms with Gasteiger partial charge in [0.05, 0.1) is 17.8 Å². The molecule has 1 N–H and O–H groups in total. The normalized spacial score (nSPS) is 15.6. The number of hydrogen-bond donors (Lipinski definition) is 1. The topological polar surface area (TPSA) is 48.5 Å². The first-order valence-corrected chi connectivity index (χ1v) is 12.0. The molecule has 6 heteroatoms. The zero-order chi connectivity index (χ0) is 23.0. The van der Waals surface area contributed by atoms with Gasteiger partial charge < -0.3 is 10.2 Å². The molecule has 1 aliphatic rings. The zero-order valence-electron chi connectivity index (χ0n) is 19.1. The Morgan fingerprint density at radius 2 is 1.79 bits per heavy atom. The van der Waals surface area contributed by atoms with Gasteiger partial charge in [-0.15, -0.1) is 0 Å². The van der Waals surface area contributed by atoms with E-state index in [1.807, 2.05) is 67.6 Å². The number of rotatable bonds is 7. The van der Waals surface area contributed by atoms with Crippen LogP contribution < -0.4 is 10.2 Å². The second-order valence-corrected chi connectivity index (χ2v) is 8.88. The molecule has 1 aromatic heterocycles. The molecule has 5 nitrogen and oxygen atoms in total. The highest BCUT2D eigenvalue weighted by atomic mass is 35.5. The number of carbonyl (C=O) groups is 1. The first kappa shape index (κ1) is 23.3. The number of nitrogens with one attached hydrogen (secondary N) is 1. The summed E-state index contributed by atoms with van der Waals surface area (Å²) >= 11 is 6.35. The Morgan fingerprint density at radius 1 is 1.00 bits per heavy atom. The van der Waals surface area contributed by atoms with Crippen LogP contribution in [0.3, 0.4) is 0 Å². The average molecular weight is 463 g/mol. The molecular formula is C27H31ClN4O. The molecule has 1 atom stereocenters. The molecule has 2 aromatic carbocycles. The predicted molar refractivity (Wildman–Crippen MR) is 136 cm³/mol. The molecule has 0 unspecified atom stereocenters. The lowest BCUT2D eigenvalue weighted by Gasteiger charge is -2.23. The summed E-state index contributed by atoms with van der Waals surface area (Å²) in [7, 11) is 0. The number of anilines is 2. The van der Waals surface area contributed by atoms with E-state index in [9.17, 15) is 4.79 Å². The molecule has 1 aliphatic heterocycles. The Labute approximate surface area is 201 Å². The Kier molecular flexibility index (Phi) is 7.97. The molecule has 172 valence electrons. The molecule has 0 saturated carbocycles. The number of amides is 1. The highest BCUT2D eigenvalue weighted by molar-refractivity contribution is 6.31. The molecule has 2 heterocycles. The predicted octanol–water partition coefficient (Wildman–Crippen LogP) is 5.58. The monoisotopic (exact) mass is 462 g/mol. The standard InChI is InChI=1S/C27H31ClN4O/c1-2-24(21-9-4-3-5-10-21)27(33)30-23-13-14-26(29-19-23)32-16-8-15-31(17-18-32)20-22-11-6-7-12-25(22)28/h3-7,9-14,19,24H,2,8,15-18,20H2,1H3,(H,30,33)/t24-/m1/s1. The van der Waals surface area contributed by atoms with Gasteiger partial charge in [-0.05, 0) is 42.2 Å². The lowest BCUT2D eigenvalue weighted by Crippen LogP contribution is -2.31. The first-order valence-electron chi connectivity index (χ1n) is 11.7. The summed E-state index contributed by atoms with van der Waals surface area (Å²) in [5.74, 6) is 0.784. The fourth-order valence-electron chi connectivity index (χ4n) is 4.36. The van der Waals surface area contributed by atoms with Crippen LogP contribution in [-0.2, 0) is 11.3 Å². The summed E-state index contributed by atoms with van der Waals surface area (Å²) in [6.45, 7) is 6.77. The van der Waals surface area contributed by atoms with E-state index in [1.54, 1.807) is 6.20 Å². The summed E-state index contributed by atoms with van der Waals surface area (Å²) in [5.41, 5.74) is 2.94. The number of halogens is 1. The molecule has 0 radical (unpaired) electrons. The molecule has 4 rings (SSSR count). The van der Waals surface area contributed by atoms with Crippen molar-refractivity contribution >= 4 is 29.0 Å². The third-order valence-corrected chi connectivity index (χ3v) is 6.58. The van der Waals surface area contributed by atoms with Crippen molar-refractivity contribution in [3.8, 4) is 0 Å². The fourth-order valence-corrected chi connectivity index (χ4v) is 4.56. The molecule has 33 heavy (non-hydrogen) atoms.